The predicted octanol–water partition coefficient (Wildman–Crippen LogP) is 15.3. The van der Waals surface area contributed by atoms with Gasteiger partial charge in [0, 0.05) is 53.3 Å². The summed E-state index contributed by atoms with van der Waals surface area (Å²) in [5.41, 5.74) is 13.5. The van der Waals surface area contributed by atoms with Crippen LogP contribution in [0, 0.1) is 0 Å². The fraction of sp³-hybridized carbons (Fsp3) is 0. The first kappa shape index (κ1) is 35.9. The third-order valence-corrected chi connectivity index (χ3v) is 13.0. The van der Waals surface area contributed by atoms with Gasteiger partial charge in [-0.2, -0.15) is 0 Å². The zero-order valence-corrected chi connectivity index (χ0v) is 34.3. The van der Waals surface area contributed by atoms with Crippen LogP contribution in [0.25, 0.3) is 115 Å². The molecule has 0 aliphatic rings. The minimum absolute atomic E-state index is 0.645. The van der Waals surface area contributed by atoms with Gasteiger partial charge in [0.1, 0.15) is 0 Å². The Balaban J connectivity index is 0.962. The van der Waals surface area contributed by atoms with Crippen molar-refractivity contribution in [2.45, 2.75) is 0 Å². The molecule has 4 nitrogen and oxygen atoms in total. The van der Waals surface area contributed by atoms with E-state index in [0.717, 1.165) is 33.5 Å². The number of rotatable bonds is 7. The summed E-state index contributed by atoms with van der Waals surface area (Å²) in [6.45, 7) is 0. The highest BCUT2D eigenvalue weighted by molar-refractivity contribution is 7.25. The van der Waals surface area contributed by atoms with Crippen molar-refractivity contribution in [3.8, 4) is 73.2 Å². The van der Waals surface area contributed by atoms with E-state index in [9.17, 15) is 0 Å². The van der Waals surface area contributed by atoms with Crippen molar-refractivity contribution in [3.05, 3.63) is 218 Å². The van der Waals surface area contributed by atoms with E-state index in [1.165, 1.54) is 64.2 Å². The SMILES string of the molecule is c1ccc(-c2cccc(-c3nc(-c4ccccc4)nc(-c4ccc5c(c4)sc4cc(-c6ccccc6-c6cccc7c6c6ccccc6n7-c6ccccc6)ccc45)n3)c2)cc1. The van der Waals surface area contributed by atoms with E-state index in [1.807, 2.05) is 35.6 Å². The van der Waals surface area contributed by atoms with Crippen molar-refractivity contribution in [2.24, 2.45) is 0 Å². The van der Waals surface area contributed by atoms with Crippen LogP contribution in [0.4, 0.5) is 0 Å². The van der Waals surface area contributed by atoms with Gasteiger partial charge in [0.25, 0.3) is 0 Å². The standard InChI is InChI=1S/C57H36N4S/c1-4-16-37(17-5-1)39-20-14-21-41(34-39)56-58-55(38-18-6-2-7-19-38)59-57(60-56)42-31-33-47-46-32-30-40(35-52(46)62-53(47)36-42)44-24-10-11-25-45(44)48-27-15-29-51-54(48)49-26-12-13-28-50(49)61(51)43-22-8-3-9-23-43/h1-36H. The Kier molecular flexibility index (Phi) is 8.65. The zero-order valence-electron chi connectivity index (χ0n) is 33.5. The van der Waals surface area contributed by atoms with E-state index in [1.54, 1.807) is 0 Å². The van der Waals surface area contributed by atoms with Crippen molar-refractivity contribution < 1.29 is 0 Å². The number of hydrogen-bond donors (Lipinski definition) is 0. The Morgan fingerprint density at radius 1 is 0.306 bits per heavy atom. The van der Waals surface area contributed by atoms with Crippen molar-refractivity contribution >= 4 is 53.3 Å². The first-order valence-electron chi connectivity index (χ1n) is 20.8. The van der Waals surface area contributed by atoms with Crippen molar-refractivity contribution in [1.82, 2.24) is 19.5 Å². The normalized spacial score (nSPS) is 11.5. The largest absolute Gasteiger partial charge is 0.309 e. The third-order valence-electron chi connectivity index (χ3n) is 11.9. The molecule has 0 aliphatic carbocycles. The lowest BCUT2D eigenvalue weighted by molar-refractivity contribution is 1.07. The summed E-state index contributed by atoms with van der Waals surface area (Å²) in [5, 5.41) is 4.97. The maximum absolute atomic E-state index is 5.13. The lowest BCUT2D eigenvalue weighted by atomic mass is 9.91. The Hall–Kier alpha value is -7.99. The van der Waals surface area contributed by atoms with Crippen molar-refractivity contribution in [2.75, 3.05) is 0 Å². The number of nitrogens with zero attached hydrogens (tertiary/aromatic N) is 4. The lowest BCUT2D eigenvalue weighted by Gasteiger charge is -2.13. The van der Waals surface area contributed by atoms with E-state index in [4.69, 9.17) is 15.0 Å². The molecule has 3 aromatic heterocycles. The smallest absolute Gasteiger partial charge is 0.164 e. The molecule has 0 unspecified atom stereocenters. The number of thiophene rings is 1. The van der Waals surface area contributed by atoms with Crippen LogP contribution in [0.15, 0.2) is 218 Å². The molecule has 0 radical (unpaired) electrons. The summed E-state index contributed by atoms with van der Waals surface area (Å²) < 4.78 is 4.82. The quantitative estimate of drug-likeness (QED) is 0.161. The monoisotopic (exact) mass is 808 g/mol. The van der Waals surface area contributed by atoms with Crippen LogP contribution in [0.3, 0.4) is 0 Å². The molecule has 0 N–H and O–H groups in total. The molecule has 0 aliphatic heterocycles. The molecule has 12 rings (SSSR count). The minimum atomic E-state index is 0.645. The molecule has 0 spiro atoms. The van der Waals surface area contributed by atoms with Gasteiger partial charge in [-0.1, -0.05) is 176 Å². The topological polar surface area (TPSA) is 43.6 Å². The average Bonchev–Trinajstić information content (AvgIpc) is 3.90. The molecular formula is C57H36N4S. The minimum Gasteiger partial charge on any atom is -0.309 e. The van der Waals surface area contributed by atoms with Crippen LogP contribution in [0.5, 0.6) is 0 Å². The Labute approximate surface area is 362 Å². The number of aromatic nitrogens is 4. The predicted molar refractivity (Wildman–Crippen MR) is 260 cm³/mol. The molecule has 9 aromatic carbocycles. The second kappa shape index (κ2) is 14.9. The number of benzene rings is 9. The molecule has 62 heavy (non-hydrogen) atoms. The second-order valence-electron chi connectivity index (χ2n) is 15.6. The molecule has 0 amide bonds. The zero-order chi connectivity index (χ0) is 41.0. The van der Waals surface area contributed by atoms with E-state index >= 15 is 0 Å². The van der Waals surface area contributed by atoms with E-state index < -0.39 is 0 Å². The van der Waals surface area contributed by atoms with Crippen molar-refractivity contribution in [1.29, 1.82) is 0 Å². The first-order chi connectivity index (χ1) is 30.7. The molecule has 0 saturated heterocycles. The maximum Gasteiger partial charge on any atom is 0.164 e. The maximum atomic E-state index is 5.13. The van der Waals surface area contributed by atoms with Crippen LogP contribution >= 0.6 is 11.3 Å². The van der Waals surface area contributed by atoms with Crippen LogP contribution in [-0.4, -0.2) is 19.5 Å². The van der Waals surface area contributed by atoms with Crippen LogP contribution in [-0.2, 0) is 0 Å². The fourth-order valence-electron chi connectivity index (χ4n) is 8.97. The van der Waals surface area contributed by atoms with Gasteiger partial charge in [0.2, 0.25) is 0 Å². The number of hydrogen-bond acceptors (Lipinski definition) is 4. The van der Waals surface area contributed by atoms with Crippen LogP contribution < -0.4 is 0 Å². The summed E-state index contributed by atoms with van der Waals surface area (Å²) in [4.78, 5) is 15.2. The average molecular weight is 809 g/mol. The molecule has 3 heterocycles. The molecule has 0 saturated carbocycles. The van der Waals surface area contributed by atoms with Crippen molar-refractivity contribution in [3.63, 3.8) is 0 Å². The third kappa shape index (κ3) is 6.18. The molecule has 12 aromatic rings. The van der Waals surface area contributed by atoms with Crippen LogP contribution in [0.1, 0.15) is 0 Å². The van der Waals surface area contributed by atoms with Gasteiger partial charge in [0.05, 0.1) is 11.0 Å². The summed E-state index contributed by atoms with van der Waals surface area (Å²) in [7, 11) is 0. The molecule has 5 heteroatoms. The van der Waals surface area contributed by atoms with Gasteiger partial charge in [-0.25, -0.2) is 15.0 Å². The molecule has 290 valence electrons. The molecule has 0 fully saturated rings. The summed E-state index contributed by atoms with van der Waals surface area (Å²) in [5.74, 6) is 1.94. The number of fused-ring (bicyclic) bond motifs is 6. The Morgan fingerprint density at radius 2 is 0.806 bits per heavy atom. The van der Waals surface area contributed by atoms with Crippen LogP contribution in [0.2, 0.25) is 0 Å². The van der Waals surface area contributed by atoms with Gasteiger partial charge in [-0.15, -0.1) is 11.3 Å². The molecule has 0 atom stereocenters. The summed E-state index contributed by atoms with van der Waals surface area (Å²) in [6.07, 6.45) is 0. The summed E-state index contributed by atoms with van der Waals surface area (Å²) >= 11 is 1.81. The van der Waals surface area contributed by atoms with Gasteiger partial charge >= 0.3 is 0 Å². The number of para-hydroxylation sites is 2. The second-order valence-corrected chi connectivity index (χ2v) is 16.7. The Bertz CT molecular complexity index is 3630. The van der Waals surface area contributed by atoms with E-state index in [-0.39, 0.29) is 0 Å². The Morgan fingerprint density at radius 3 is 1.55 bits per heavy atom. The summed E-state index contributed by atoms with van der Waals surface area (Å²) in [6, 6.07) is 77.6. The van der Waals surface area contributed by atoms with Gasteiger partial charge < -0.3 is 4.57 Å². The van der Waals surface area contributed by atoms with E-state index in [2.05, 4.69) is 199 Å². The molecular weight excluding hydrogens is 773 g/mol. The lowest BCUT2D eigenvalue weighted by Crippen LogP contribution is -2.00. The molecule has 0 bridgehead atoms. The highest BCUT2D eigenvalue weighted by atomic mass is 32.1. The van der Waals surface area contributed by atoms with Gasteiger partial charge in [0.15, 0.2) is 17.5 Å². The highest BCUT2D eigenvalue weighted by Gasteiger charge is 2.19. The fourth-order valence-corrected chi connectivity index (χ4v) is 10.2. The van der Waals surface area contributed by atoms with Gasteiger partial charge in [-0.05, 0) is 75.8 Å². The highest BCUT2D eigenvalue weighted by Crippen LogP contribution is 2.44. The van der Waals surface area contributed by atoms with E-state index in [0.29, 0.717) is 17.5 Å². The van der Waals surface area contributed by atoms with Gasteiger partial charge in [-0.3, -0.25) is 0 Å². The first-order valence-corrected chi connectivity index (χ1v) is 21.7.